The standard InChI is InChI=1S/C12H16O3/c1-15-7-3-6-12(14)9-10-4-2-5-11(13)8-10/h2,4-5,8,13H,3,6-7,9H2,1H3. The summed E-state index contributed by atoms with van der Waals surface area (Å²) in [6, 6.07) is 6.80. The second-order valence-electron chi connectivity index (χ2n) is 3.48. The van der Waals surface area contributed by atoms with Gasteiger partial charge in [-0.25, -0.2) is 0 Å². The second kappa shape index (κ2) is 6.19. The lowest BCUT2D eigenvalue weighted by molar-refractivity contribution is -0.118. The zero-order valence-corrected chi connectivity index (χ0v) is 8.90. The number of hydrogen-bond donors (Lipinski definition) is 1. The molecule has 1 aromatic carbocycles. The smallest absolute Gasteiger partial charge is 0.137 e. The van der Waals surface area contributed by atoms with Crippen molar-refractivity contribution in [2.45, 2.75) is 19.3 Å². The van der Waals surface area contributed by atoms with Gasteiger partial charge in [-0.15, -0.1) is 0 Å². The molecule has 0 saturated carbocycles. The summed E-state index contributed by atoms with van der Waals surface area (Å²) >= 11 is 0. The summed E-state index contributed by atoms with van der Waals surface area (Å²) in [5.74, 6) is 0.384. The van der Waals surface area contributed by atoms with Gasteiger partial charge in [0.05, 0.1) is 0 Å². The van der Waals surface area contributed by atoms with Crippen LogP contribution < -0.4 is 0 Å². The molecule has 0 fully saturated rings. The molecule has 1 N–H and O–H groups in total. The molecule has 1 rings (SSSR count). The fourth-order valence-corrected chi connectivity index (χ4v) is 1.40. The number of phenolic OH excluding ortho intramolecular Hbond substituents is 1. The lowest BCUT2D eigenvalue weighted by atomic mass is 10.1. The van der Waals surface area contributed by atoms with Crippen LogP contribution in [0.3, 0.4) is 0 Å². The molecule has 0 aliphatic heterocycles. The molecule has 0 aliphatic rings. The Balaban J connectivity index is 2.37. The van der Waals surface area contributed by atoms with Gasteiger partial charge in [0.1, 0.15) is 11.5 Å². The molecule has 1 aromatic rings. The van der Waals surface area contributed by atoms with Crippen LogP contribution in [-0.2, 0) is 16.0 Å². The van der Waals surface area contributed by atoms with Crippen molar-refractivity contribution in [3.05, 3.63) is 29.8 Å². The molecule has 82 valence electrons. The molecule has 0 radical (unpaired) electrons. The number of carbonyl (C=O) groups excluding carboxylic acids is 1. The van der Waals surface area contributed by atoms with Gasteiger partial charge in [0.2, 0.25) is 0 Å². The summed E-state index contributed by atoms with van der Waals surface area (Å²) in [5.41, 5.74) is 0.859. The molecule has 0 atom stereocenters. The second-order valence-corrected chi connectivity index (χ2v) is 3.48. The Morgan fingerprint density at radius 1 is 1.47 bits per heavy atom. The van der Waals surface area contributed by atoms with Gasteiger partial charge in [0, 0.05) is 26.6 Å². The zero-order chi connectivity index (χ0) is 11.1. The largest absolute Gasteiger partial charge is 0.508 e. The highest BCUT2D eigenvalue weighted by molar-refractivity contribution is 5.80. The Morgan fingerprint density at radius 2 is 2.27 bits per heavy atom. The Bertz CT molecular complexity index is 320. The summed E-state index contributed by atoms with van der Waals surface area (Å²) in [5, 5.41) is 9.21. The molecular weight excluding hydrogens is 192 g/mol. The number of methoxy groups -OCH3 is 1. The van der Waals surface area contributed by atoms with E-state index >= 15 is 0 Å². The van der Waals surface area contributed by atoms with Crippen molar-refractivity contribution in [2.24, 2.45) is 0 Å². The number of aromatic hydroxyl groups is 1. The topological polar surface area (TPSA) is 46.5 Å². The van der Waals surface area contributed by atoms with Crippen molar-refractivity contribution in [2.75, 3.05) is 13.7 Å². The van der Waals surface area contributed by atoms with Crippen molar-refractivity contribution >= 4 is 5.78 Å². The minimum absolute atomic E-state index is 0.178. The third-order valence-corrected chi connectivity index (χ3v) is 2.12. The SMILES string of the molecule is COCCCC(=O)Cc1cccc(O)c1. The van der Waals surface area contributed by atoms with Gasteiger partial charge in [-0.1, -0.05) is 12.1 Å². The van der Waals surface area contributed by atoms with E-state index in [1.54, 1.807) is 25.3 Å². The van der Waals surface area contributed by atoms with Gasteiger partial charge in [-0.3, -0.25) is 4.79 Å². The summed E-state index contributed by atoms with van der Waals surface area (Å²) in [6.07, 6.45) is 1.68. The van der Waals surface area contributed by atoms with E-state index in [2.05, 4.69) is 0 Å². The number of hydrogen-bond acceptors (Lipinski definition) is 3. The highest BCUT2D eigenvalue weighted by Gasteiger charge is 2.03. The molecular formula is C12H16O3. The number of phenols is 1. The predicted molar refractivity (Wildman–Crippen MR) is 57.9 cm³/mol. The van der Waals surface area contributed by atoms with E-state index in [4.69, 9.17) is 4.74 Å². The normalized spacial score (nSPS) is 10.2. The maximum absolute atomic E-state index is 11.5. The van der Waals surface area contributed by atoms with Crippen molar-refractivity contribution in [3.63, 3.8) is 0 Å². The van der Waals surface area contributed by atoms with Crippen molar-refractivity contribution in [1.82, 2.24) is 0 Å². The maximum atomic E-state index is 11.5. The van der Waals surface area contributed by atoms with Gasteiger partial charge in [0.25, 0.3) is 0 Å². The number of rotatable bonds is 6. The van der Waals surface area contributed by atoms with Crippen LogP contribution in [0.4, 0.5) is 0 Å². The summed E-state index contributed by atoms with van der Waals surface area (Å²) in [4.78, 5) is 11.5. The Kier molecular flexibility index (Phi) is 4.84. The fourth-order valence-electron chi connectivity index (χ4n) is 1.40. The van der Waals surface area contributed by atoms with Gasteiger partial charge in [-0.05, 0) is 24.1 Å². The van der Waals surface area contributed by atoms with Crippen LogP contribution in [0.15, 0.2) is 24.3 Å². The van der Waals surface area contributed by atoms with E-state index in [0.717, 1.165) is 12.0 Å². The third kappa shape index (κ3) is 4.61. The molecule has 0 amide bonds. The molecule has 0 bridgehead atoms. The van der Waals surface area contributed by atoms with E-state index in [1.807, 2.05) is 6.07 Å². The van der Waals surface area contributed by atoms with Crippen molar-refractivity contribution in [3.8, 4) is 5.75 Å². The van der Waals surface area contributed by atoms with Crippen LogP contribution in [0.5, 0.6) is 5.75 Å². The third-order valence-electron chi connectivity index (χ3n) is 2.12. The van der Waals surface area contributed by atoms with Crippen LogP contribution in [-0.4, -0.2) is 24.6 Å². The molecule has 0 spiro atoms. The molecule has 3 heteroatoms. The van der Waals surface area contributed by atoms with Crippen molar-refractivity contribution in [1.29, 1.82) is 0 Å². The maximum Gasteiger partial charge on any atom is 0.137 e. The van der Waals surface area contributed by atoms with Crippen LogP contribution in [0.1, 0.15) is 18.4 Å². The number of ether oxygens (including phenoxy) is 1. The Hall–Kier alpha value is -1.35. The monoisotopic (exact) mass is 208 g/mol. The number of benzene rings is 1. The highest BCUT2D eigenvalue weighted by Crippen LogP contribution is 2.12. The van der Waals surface area contributed by atoms with Gasteiger partial charge in [-0.2, -0.15) is 0 Å². The minimum Gasteiger partial charge on any atom is -0.508 e. The van der Waals surface area contributed by atoms with E-state index in [0.29, 0.717) is 19.4 Å². The molecule has 0 aromatic heterocycles. The molecule has 0 saturated heterocycles. The van der Waals surface area contributed by atoms with E-state index in [9.17, 15) is 9.90 Å². The van der Waals surface area contributed by atoms with Crippen LogP contribution in [0.2, 0.25) is 0 Å². The fraction of sp³-hybridized carbons (Fsp3) is 0.417. The number of Topliss-reactive ketones (excluding diaryl/α,β-unsaturated/α-hetero) is 1. The first-order valence-corrected chi connectivity index (χ1v) is 5.01. The lowest BCUT2D eigenvalue weighted by Crippen LogP contribution is -2.04. The first-order chi connectivity index (χ1) is 7.22. The van der Waals surface area contributed by atoms with Crippen LogP contribution >= 0.6 is 0 Å². The van der Waals surface area contributed by atoms with E-state index in [-0.39, 0.29) is 11.5 Å². The van der Waals surface area contributed by atoms with Gasteiger partial charge in [0.15, 0.2) is 0 Å². The average Bonchev–Trinajstić information content (AvgIpc) is 2.18. The predicted octanol–water partition coefficient (Wildman–Crippen LogP) is 1.93. The quantitative estimate of drug-likeness (QED) is 0.726. The Labute approximate surface area is 89.7 Å². The lowest BCUT2D eigenvalue weighted by Gasteiger charge is -2.01. The molecule has 0 unspecified atom stereocenters. The van der Waals surface area contributed by atoms with Crippen molar-refractivity contribution < 1.29 is 14.6 Å². The first-order valence-electron chi connectivity index (χ1n) is 5.01. The van der Waals surface area contributed by atoms with Gasteiger partial charge >= 0.3 is 0 Å². The Morgan fingerprint density at radius 3 is 2.93 bits per heavy atom. The minimum atomic E-state index is 0.178. The van der Waals surface area contributed by atoms with E-state index in [1.165, 1.54) is 0 Å². The molecule has 3 nitrogen and oxygen atoms in total. The summed E-state index contributed by atoms with van der Waals surface area (Å²) in [7, 11) is 1.62. The van der Waals surface area contributed by atoms with E-state index < -0.39 is 0 Å². The summed E-state index contributed by atoms with van der Waals surface area (Å²) < 4.78 is 4.87. The molecule has 0 aliphatic carbocycles. The molecule has 15 heavy (non-hydrogen) atoms. The van der Waals surface area contributed by atoms with Crippen LogP contribution in [0.25, 0.3) is 0 Å². The average molecular weight is 208 g/mol. The summed E-state index contributed by atoms with van der Waals surface area (Å²) in [6.45, 7) is 0.617. The zero-order valence-electron chi connectivity index (χ0n) is 8.90. The first kappa shape index (κ1) is 11.7. The number of carbonyl (C=O) groups is 1. The molecule has 0 heterocycles. The number of ketones is 1. The highest BCUT2D eigenvalue weighted by atomic mass is 16.5. The van der Waals surface area contributed by atoms with Crippen LogP contribution in [0, 0.1) is 0 Å². The van der Waals surface area contributed by atoms with Gasteiger partial charge < -0.3 is 9.84 Å².